The zero-order chi connectivity index (χ0) is 22.0. The molecule has 0 heterocycles. The minimum absolute atomic E-state index is 0.373. The SMILES string of the molecule is CCCCCOc1c(\C(C)=C/C=C/C(C)=C/C(=O)O)cc(C(C)C)cc1C(C)C. The molecule has 3 nitrogen and oxygen atoms in total. The predicted octanol–water partition coefficient (Wildman–Crippen LogP) is 7.49. The van der Waals surface area contributed by atoms with Gasteiger partial charge >= 0.3 is 5.97 Å². The summed E-state index contributed by atoms with van der Waals surface area (Å²) in [5.74, 6) is 0.865. The second-order valence-corrected chi connectivity index (χ2v) is 8.29. The number of aliphatic carboxylic acids is 1. The van der Waals surface area contributed by atoms with Crippen LogP contribution in [0.1, 0.15) is 96.3 Å². The van der Waals surface area contributed by atoms with Gasteiger partial charge in [-0.15, -0.1) is 0 Å². The summed E-state index contributed by atoms with van der Waals surface area (Å²) in [6.07, 6.45) is 10.4. The van der Waals surface area contributed by atoms with E-state index in [9.17, 15) is 4.79 Å². The average Bonchev–Trinajstić information content (AvgIpc) is 2.63. The number of benzene rings is 1. The topological polar surface area (TPSA) is 46.5 Å². The van der Waals surface area contributed by atoms with E-state index in [0.717, 1.165) is 29.9 Å². The second kappa shape index (κ2) is 12.3. The molecule has 0 aliphatic carbocycles. The molecule has 1 aromatic carbocycles. The fourth-order valence-electron chi connectivity index (χ4n) is 3.09. The zero-order valence-electron chi connectivity index (χ0n) is 19.2. The largest absolute Gasteiger partial charge is 0.493 e. The van der Waals surface area contributed by atoms with Crippen molar-refractivity contribution in [2.75, 3.05) is 6.61 Å². The molecular formula is C26H38O3. The van der Waals surface area contributed by atoms with Crippen LogP contribution in [0.2, 0.25) is 0 Å². The van der Waals surface area contributed by atoms with Crippen LogP contribution >= 0.6 is 0 Å². The standard InChI is InChI=1S/C26H38O3/c1-8-9-10-14-29-26-23(19(4)5)16-22(18(2)3)17-24(26)21(7)13-11-12-20(6)15-25(27)28/h11-13,15-19H,8-10,14H2,1-7H3,(H,27,28)/b12-11+,20-15+,21-13-. The first-order valence-corrected chi connectivity index (χ1v) is 10.7. The van der Waals surface area contributed by atoms with Crippen molar-refractivity contribution in [1.29, 1.82) is 0 Å². The van der Waals surface area contributed by atoms with E-state index >= 15 is 0 Å². The molecule has 3 heteroatoms. The van der Waals surface area contributed by atoms with Gasteiger partial charge in [-0.25, -0.2) is 4.79 Å². The van der Waals surface area contributed by atoms with Crippen molar-refractivity contribution in [2.45, 2.75) is 79.6 Å². The Hall–Kier alpha value is -2.29. The summed E-state index contributed by atoms with van der Waals surface area (Å²) in [4.78, 5) is 10.8. The molecular weight excluding hydrogens is 360 g/mol. The minimum Gasteiger partial charge on any atom is -0.493 e. The van der Waals surface area contributed by atoms with E-state index in [1.54, 1.807) is 6.92 Å². The van der Waals surface area contributed by atoms with Gasteiger partial charge in [0.25, 0.3) is 0 Å². The van der Waals surface area contributed by atoms with Crippen LogP contribution < -0.4 is 4.74 Å². The highest BCUT2D eigenvalue weighted by Crippen LogP contribution is 2.37. The van der Waals surface area contributed by atoms with Gasteiger partial charge in [0.05, 0.1) is 6.61 Å². The summed E-state index contributed by atoms with van der Waals surface area (Å²) in [6.45, 7) is 15.6. The Morgan fingerprint density at radius 2 is 1.79 bits per heavy atom. The highest BCUT2D eigenvalue weighted by atomic mass is 16.5. The molecule has 0 spiro atoms. The Bertz CT molecular complexity index is 764. The fraction of sp³-hybridized carbons (Fsp3) is 0.500. The highest BCUT2D eigenvalue weighted by molar-refractivity contribution is 5.81. The lowest BCUT2D eigenvalue weighted by atomic mass is 9.89. The van der Waals surface area contributed by atoms with Crippen molar-refractivity contribution in [3.05, 3.63) is 58.7 Å². The predicted molar refractivity (Wildman–Crippen MR) is 124 cm³/mol. The van der Waals surface area contributed by atoms with Crippen LogP contribution in [0.3, 0.4) is 0 Å². The van der Waals surface area contributed by atoms with Gasteiger partial charge in [0, 0.05) is 11.6 Å². The van der Waals surface area contributed by atoms with Gasteiger partial charge in [0.15, 0.2) is 0 Å². The summed E-state index contributed by atoms with van der Waals surface area (Å²) in [6, 6.07) is 4.53. The summed E-state index contributed by atoms with van der Waals surface area (Å²) < 4.78 is 6.31. The monoisotopic (exact) mass is 398 g/mol. The molecule has 0 amide bonds. The number of hydrogen-bond acceptors (Lipinski definition) is 2. The first-order chi connectivity index (χ1) is 13.7. The van der Waals surface area contributed by atoms with Crippen LogP contribution in [0, 0.1) is 0 Å². The van der Waals surface area contributed by atoms with E-state index in [1.165, 1.54) is 30.0 Å². The molecule has 1 aromatic rings. The van der Waals surface area contributed by atoms with Crippen LogP contribution in [0.5, 0.6) is 5.75 Å². The summed E-state index contributed by atoms with van der Waals surface area (Å²) in [5, 5.41) is 8.85. The minimum atomic E-state index is -0.929. The number of carbonyl (C=O) groups is 1. The Morgan fingerprint density at radius 3 is 2.34 bits per heavy atom. The molecule has 29 heavy (non-hydrogen) atoms. The van der Waals surface area contributed by atoms with Crippen LogP contribution in [-0.4, -0.2) is 17.7 Å². The Labute approximate surface area is 177 Å². The number of hydrogen-bond donors (Lipinski definition) is 1. The number of rotatable bonds is 11. The van der Waals surface area contributed by atoms with Crippen molar-refractivity contribution in [3.63, 3.8) is 0 Å². The first kappa shape index (κ1) is 24.7. The van der Waals surface area contributed by atoms with E-state index in [-0.39, 0.29) is 0 Å². The third-order valence-electron chi connectivity index (χ3n) is 4.90. The summed E-state index contributed by atoms with van der Waals surface area (Å²) >= 11 is 0. The lowest BCUT2D eigenvalue weighted by Gasteiger charge is -2.21. The number of carboxylic acid groups (broad SMARTS) is 1. The number of carboxylic acids is 1. The second-order valence-electron chi connectivity index (χ2n) is 8.29. The van der Waals surface area contributed by atoms with Crippen LogP contribution in [-0.2, 0) is 4.79 Å². The van der Waals surface area contributed by atoms with Crippen molar-refractivity contribution >= 4 is 11.5 Å². The van der Waals surface area contributed by atoms with Crippen LogP contribution in [0.15, 0.2) is 42.0 Å². The van der Waals surface area contributed by atoms with Crippen molar-refractivity contribution in [2.24, 2.45) is 0 Å². The first-order valence-electron chi connectivity index (χ1n) is 10.7. The van der Waals surface area contributed by atoms with E-state index in [2.05, 4.69) is 53.7 Å². The molecule has 0 unspecified atom stereocenters. The highest BCUT2D eigenvalue weighted by Gasteiger charge is 2.17. The summed E-state index contributed by atoms with van der Waals surface area (Å²) in [5.41, 5.74) is 5.50. The Kier molecular flexibility index (Phi) is 10.5. The molecule has 0 saturated heterocycles. The van der Waals surface area contributed by atoms with Crippen molar-refractivity contribution < 1.29 is 14.6 Å². The molecule has 0 saturated carbocycles. The zero-order valence-corrected chi connectivity index (χ0v) is 19.2. The molecule has 0 aliphatic rings. The van der Waals surface area contributed by atoms with E-state index in [0.29, 0.717) is 17.4 Å². The van der Waals surface area contributed by atoms with Crippen molar-refractivity contribution in [1.82, 2.24) is 0 Å². The van der Waals surface area contributed by atoms with Gasteiger partial charge in [-0.1, -0.05) is 71.8 Å². The lowest BCUT2D eigenvalue weighted by molar-refractivity contribution is -0.131. The third kappa shape index (κ3) is 8.31. The molecule has 160 valence electrons. The quantitative estimate of drug-likeness (QED) is 0.238. The lowest BCUT2D eigenvalue weighted by Crippen LogP contribution is -2.06. The number of unbranched alkanes of at least 4 members (excludes halogenated alkanes) is 2. The molecule has 0 radical (unpaired) electrons. The normalized spacial score (nSPS) is 13.0. The smallest absolute Gasteiger partial charge is 0.328 e. The molecule has 0 aromatic heterocycles. The third-order valence-corrected chi connectivity index (χ3v) is 4.90. The van der Waals surface area contributed by atoms with E-state index in [1.807, 2.05) is 18.2 Å². The van der Waals surface area contributed by atoms with Gasteiger partial charge in [-0.2, -0.15) is 0 Å². The maximum Gasteiger partial charge on any atom is 0.328 e. The molecule has 1 rings (SSSR count). The van der Waals surface area contributed by atoms with E-state index < -0.39 is 5.97 Å². The van der Waals surface area contributed by atoms with E-state index in [4.69, 9.17) is 9.84 Å². The fourth-order valence-corrected chi connectivity index (χ4v) is 3.09. The average molecular weight is 399 g/mol. The van der Waals surface area contributed by atoms with Gasteiger partial charge in [0.1, 0.15) is 5.75 Å². The van der Waals surface area contributed by atoms with Gasteiger partial charge in [-0.3, -0.25) is 0 Å². The molecule has 0 atom stereocenters. The Morgan fingerprint density at radius 1 is 1.10 bits per heavy atom. The number of allylic oxidation sites excluding steroid dienone is 5. The maximum atomic E-state index is 10.8. The maximum absolute atomic E-state index is 10.8. The molecule has 0 bridgehead atoms. The number of ether oxygens (including phenoxy) is 1. The summed E-state index contributed by atoms with van der Waals surface area (Å²) in [7, 11) is 0. The van der Waals surface area contributed by atoms with Crippen LogP contribution in [0.4, 0.5) is 0 Å². The molecule has 0 fully saturated rings. The van der Waals surface area contributed by atoms with Crippen LogP contribution in [0.25, 0.3) is 5.57 Å². The van der Waals surface area contributed by atoms with Gasteiger partial charge < -0.3 is 9.84 Å². The van der Waals surface area contributed by atoms with Crippen molar-refractivity contribution in [3.8, 4) is 5.75 Å². The molecule has 1 N–H and O–H groups in total. The Balaban J connectivity index is 3.36. The molecule has 0 aliphatic heterocycles. The van der Waals surface area contributed by atoms with Gasteiger partial charge in [0.2, 0.25) is 0 Å². The van der Waals surface area contributed by atoms with Gasteiger partial charge in [-0.05, 0) is 60.4 Å².